The Morgan fingerprint density at radius 3 is 2.80 bits per heavy atom. The van der Waals surface area contributed by atoms with E-state index in [1.165, 1.54) is 0 Å². The van der Waals surface area contributed by atoms with Crippen molar-refractivity contribution in [3.8, 4) is 0 Å². The topological polar surface area (TPSA) is 85.7 Å². The third kappa shape index (κ3) is 4.05. The van der Waals surface area contributed by atoms with E-state index in [0.29, 0.717) is 45.0 Å². The lowest BCUT2D eigenvalue weighted by Crippen LogP contribution is -2.51. The molecule has 3 heterocycles. The van der Waals surface area contributed by atoms with E-state index in [4.69, 9.17) is 9.47 Å². The highest BCUT2D eigenvalue weighted by atomic mass is 16.8. The Hall–Kier alpha value is -2.25. The Kier molecular flexibility index (Phi) is 5.15. The lowest BCUT2D eigenvalue weighted by Gasteiger charge is -2.36. The normalized spacial score (nSPS) is 19.2. The summed E-state index contributed by atoms with van der Waals surface area (Å²) in [6.07, 6.45) is 5.30. The van der Waals surface area contributed by atoms with Crippen LogP contribution < -0.4 is 5.32 Å². The number of hydrogen-bond donors (Lipinski definition) is 1. The number of amides is 2. The Balaban J connectivity index is 1.37. The molecule has 25 heavy (non-hydrogen) atoms. The number of aromatic nitrogens is 2. The molecular weight excluding hydrogens is 324 g/mol. The van der Waals surface area contributed by atoms with Crippen molar-refractivity contribution in [1.29, 1.82) is 0 Å². The summed E-state index contributed by atoms with van der Waals surface area (Å²) < 4.78 is 12.3. The molecule has 1 N–H and O–H groups in total. The lowest BCUT2D eigenvalue weighted by atomic mass is 9.92. The lowest BCUT2D eigenvalue weighted by molar-refractivity contribution is 0.00938. The van der Waals surface area contributed by atoms with Crippen LogP contribution in [0.4, 0.5) is 9.59 Å². The molecule has 2 aliphatic heterocycles. The van der Waals surface area contributed by atoms with Crippen molar-refractivity contribution in [3.63, 3.8) is 0 Å². The molecule has 1 aromatic rings. The monoisotopic (exact) mass is 350 g/mol. The first-order valence-corrected chi connectivity index (χ1v) is 8.89. The molecule has 2 saturated heterocycles. The van der Waals surface area contributed by atoms with E-state index in [9.17, 15) is 9.59 Å². The van der Waals surface area contributed by atoms with Crippen LogP contribution in [0.5, 0.6) is 0 Å². The molecule has 2 amide bonds. The van der Waals surface area contributed by atoms with Crippen molar-refractivity contribution in [1.82, 2.24) is 19.8 Å². The summed E-state index contributed by atoms with van der Waals surface area (Å²) in [5.41, 5.74) is -0.525. The molecule has 8 heteroatoms. The van der Waals surface area contributed by atoms with Crippen LogP contribution >= 0.6 is 0 Å². The number of nitrogens with zero attached hydrogens (tertiary/aromatic N) is 3. The molecule has 0 saturated carbocycles. The van der Waals surface area contributed by atoms with Crippen molar-refractivity contribution in [3.05, 3.63) is 18.2 Å². The van der Waals surface area contributed by atoms with E-state index in [-0.39, 0.29) is 6.03 Å². The van der Waals surface area contributed by atoms with Crippen molar-refractivity contribution < 1.29 is 19.1 Å². The summed E-state index contributed by atoms with van der Waals surface area (Å²) in [4.78, 5) is 29.5. The number of urea groups is 1. The fourth-order valence-electron chi connectivity index (χ4n) is 3.36. The smallest absolute Gasteiger partial charge is 0.430 e. The highest BCUT2D eigenvalue weighted by molar-refractivity contribution is 5.74. The fourth-order valence-corrected chi connectivity index (χ4v) is 3.36. The first-order valence-electron chi connectivity index (χ1n) is 8.89. The predicted molar refractivity (Wildman–Crippen MR) is 90.3 cm³/mol. The van der Waals surface area contributed by atoms with Gasteiger partial charge in [-0.3, -0.25) is 0 Å². The van der Waals surface area contributed by atoms with Crippen LogP contribution in [-0.4, -0.2) is 58.5 Å². The Labute approximate surface area is 147 Å². The number of aryl methyl sites for hydroxylation is 1. The number of imidazole rings is 1. The van der Waals surface area contributed by atoms with Gasteiger partial charge in [-0.1, -0.05) is 13.8 Å². The summed E-state index contributed by atoms with van der Waals surface area (Å²) in [7, 11) is 0. The second kappa shape index (κ2) is 7.33. The van der Waals surface area contributed by atoms with Crippen LogP contribution in [0.3, 0.4) is 0 Å². The van der Waals surface area contributed by atoms with Gasteiger partial charge in [-0.2, -0.15) is 0 Å². The van der Waals surface area contributed by atoms with Crippen LogP contribution in [0.1, 0.15) is 44.9 Å². The number of carbonyl (C=O) groups is 2. The average Bonchev–Trinajstić information content (AvgIpc) is 3.19. The molecule has 1 spiro atoms. The molecule has 0 aromatic carbocycles. The van der Waals surface area contributed by atoms with Gasteiger partial charge >= 0.3 is 12.2 Å². The third-order valence-corrected chi connectivity index (χ3v) is 4.83. The number of hydrogen-bond acceptors (Lipinski definition) is 5. The molecule has 0 atom stereocenters. The minimum atomic E-state index is -0.599. The molecule has 0 aliphatic carbocycles. The molecule has 138 valence electrons. The molecular formula is C17H26N4O4. The minimum Gasteiger partial charge on any atom is -0.430 e. The van der Waals surface area contributed by atoms with Crippen LogP contribution in [0.25, 0.3) is 0 Å². The maximum Gasteiger partial charge on any atom is 0.509 e. The Morgan fingerprint density at radius 1 is 1.40 bits per heavy atom. The molecule has 3 rings (SSSR count). The molecule has 1 aromatic heterocycles. The SMILES string of the molecule is CC(C)c1nccn1CCCNC(=O)N1CCC2(CC1)COC(=O)O2. The minimum absolute atomic E-state index is 0.0604. The van der Waals surface area contributed by atoms with Crippen molar-refractivity contribution in [2.24, 2.45) is 0 Å². The van der Waals surface area contributed by atoms with Gasteiger partial charge in [0.05, 0.1) is 0 Å². The van der Waals surface area contributed by atoms with Crippen molar-refractivity contribution >= 4 is 12.2 Å². The first kappa shape index (κ1) is 17.6. The van der Waals surface area contributed by atoms with Crippen LogP contribution in [-0.2, 0) is 16.0 Å². The quantitative estimate of drug-likeness (QED) is 0.649. The highest BCUT2D eigenvalue weighted by Gasteiger charge is 2.45. The number of cyclic esters (lactones) is 1. The van der Waals surface area contributed by atoms with Crippen molar-refractivity contribution in [2.45, 2.75) is 51.2 Å². The van der Waals surface area contributed by atoms with E-state index < -0.39 is 11.8 Å². The van der Waals surface area contributed by atoms with E-state index in [2.05, 4.69) is 28.7 Å². The predicted octanol–water partition coefficient (Wildman–Crippen LogP) is 2.11. The zero-order chi connectivity index (χ0) is 17.9. The Bertz CT molecular complexity index is 620. The van der Waals surface area contributed by atoms with Gasteiger partial charge in [-0.25, -0.2) is 14.6 Å². The van der Waals surface area contributed by atoms with E-state index in [0.717, 1.165) is 18.8 Å². The van der Waals surface area contributed by atoms with E-state index in [1.54, 1.807) is 4.90 Å². The second-order valence-electron chi connectivity index (χ2n) is 7.03. The number of carbonyl (C=O) groups excluding carboxylic acids is 2. The van der Waals surface area contributed by atoms with Gasteiger partial charge < -0.3 is 24.3 Å². The van der Waals surface area contributed by atoms with Crippen molar-refractivity contribution in [2.75, 3.05) is 26.2 Å². The zero-order valence-corrected chi connectivity index (χ0v) is 14.9. The summed E-state index contributed by atoms with van der Waals surface area (Å²) in [6, 6.07) is -0.0604. The number of rotatable bonds is 5. The van der Waals surface area contributed by atoms with E-state index >= 15 is 0 Å². The summed E-state index contributed by atoms with van der Waals surface area (Å²) in [6.45, 7) is 7.14. The number of piperidine rings is 1. The standard InChI is InChI=1S/C17H26N4O4/c1-13(2)14-18-7-11-20(14)8-3-6-19-15(22)21-9-4-17(5-10-21)12-24-16(23)25-17/h7,11,13H,3-6,8-10,12H2,1-2H3,(H,19,22). The fraction of sp³-hybridized carbons (Fsp3) is 0.706. The zero-order valence-electron chi connectivity index (χ0n) is 14.9. The third-order valence-electron chi connectivity index (χ3n) is 4.83. The number of likely N-dealkylation sites (tertiary alicyclic amines) is 1. The van der Waals surface area contributed by atoms with Gasteiger partial charge in [0.1, 0.15) is 12.4 Å². The summed E-state index contributed by atoms with van der Waals surface area (Å²) in [5, 5.41) is 2.97. The van der Waals surface area contributed by atoms with Gasteiger partial charge in [0, 0.05) is 57.3 Å². The van der Waals surface area contributed by atoms with Gasteiger partial charge in [0.2, 0.25) is 0 Å². The van der Waals surface area contributed by atoms with Gasteiger partial charge in [0.15, 0.2) is 5.60 Å². The molecule has 0 bridgehead atoms. The average molecular weight is 350 g/mol. The molecule has 0 radical (unpaired) electrons. The largest absolute Gasteiger partial charge is 0.509 e. The summed E-state index contributed by atoms with van der Waals surface area (Å²) in [5.74, 6) is 1.46. The van der Waals surface area contributed by atoms with Gasteiger partial charge in [-0.15, -0.1) is 0 Å². The number of nitrogens with one attached hydrogen (secondary N) is 1. The van der Waals surface area contributed by atoms with Gasteiger partial charge in [0.25, 0.3) is 0 Å². The van der Waals surface area contributed by atoms with E-state index in [1.807, 2.05) is 12.4 Å². The highest BCUT2D eigenvalue weighted by Crippen LogP contribution is 2.31. The van der Waals surface area contributed by atoms with Crippen LogP contribution in [0, 0.1) is 0 Å². The Morgan fingerprint density at radius 2 is 2.16 bits per heavy atom. The van der Waals surface area contributed by atoms with Crippen LogP contribution in [0.15, 0.2) is 12.4 Å². The molecule has 2 fully saturated rings. The maximum atomic E-state index is 12.3. The summed E-state index contributed by atoms with van der Waals surface area (Å²) >= 11 is 0. The van der Waals surface area contributed by atoms with Gasteiger partial charge in [-0.05, 0) is 6.42 Å². The molecule has 8 nitrogen and oxygen atoms in total. The van der Waals surface area contributed by atoms with Crippen LogP contribution in [0.2, 0.25) is 0 Å². The second-order valence-corrected chi connectivity index (χ2v) is 7.03. The number of ether oxygens (including phenoxy) is 2. The maximum absolute atomic E-state index is 12.3. The first-order chi connectivity index (χ1) is 12.0. The molecule has 2 aliphatic rings. The molecule has 0 unspecified atom stereocenters.